The normalized spacial score (nSPS) is 20.1. The van der Waals surface area contributed by atoms with Gasteiger partial charge in [0, 0.05) is 19.6 Å². The van der Waals surface area contributed by atoms with Crippen molar-refractivity contribution in [3.63, 3.8) is 0 Å². The van der Waals surface area contributed by atoms with Gasteiger partial charge in [-0.25, -0.2) is 13.4 Å². The minimum Gasteiger partial charge on any atom is -0.315 e. The molecule has 5 nitrogen and oxygen atoms in total. The number of aromatic nitrogens is 1. The molecule has 18 heavy (non-hydrogen) atoms. The summed E-state index contributed by atoms with van der Waals surface area (Å²) in [7, 11) is -1.73. The van der Waals surface area contributed by atoms with Gasteiger partial charge < -0.3 is 5.32 Å². The van der Waals surface area contributed by atoms with E-state index in [-0.39, 0.29) is 18.4 Å². The third-order valence-corrected chi connectivity index (χ3v) is 6.59. The molecule has 1 unspecified atom stereocenters. The average Bonchev–Trinajstić information content (AvgIpc) is 2.86. The number of sulfonamides is 1. The lowest BCUT2D eigenvalue weighted by Gasteiger charge is -2.22. The zero-order valence-corrected chi connectivity index (χ0v) is 13.1. The van der Waals surface area contributed by atoms with Gasteiger partial charge >= 0.3 is 0 Å². The molecule has 0 bridgehead atoms. The first-order valence-corrected chi connectivity index (χ1v) is 7.81. The second-order valence-corrected chi connectivity index (χ2v) is 7.67. The second kappa shape index (κ2) is 5.83. The Hall–Kier alpha value is -0.210. The summed E-state index contributed by atoms with van der Waals surface area (Å²) in [4.78, 5) is 4.18. The molecule has 1 fully saturated rings. The first-order chi connectivity index (χ1) is 7.93. The summed E-state index contributed by atoms with van der Waals surface area (Å²) in [6, 6.07) is 0.0572. The number of hydrogen-bond donors (Lipinski definition) is 1. The number of halogens is 1. The van der Waals surface area contributed by atoms with Crippen molar-refractivity contribution >= 4 is 33.8 Å². The van der Waals surface area contributed by atoms with Crippen molar-refractivity contribution < 1.29 is 8.42 Å². The minimum absolute atomic E-state index is 0. The number of thiazole rings is 1. The van der Waals surface area contributed by atoms with Crippen LogP contribution in [0.25, 0.3) is 0 Å². The van der Waals surface area contributed by atoms with Crippen LogP contribution in [0.2, 0.25) is 0 Å². The number of rotatable bonds is 3. The van der Waals surface area contributed by atoms with Crippen molar-refractivity contribution in [3.05, 3.63) is 10.7 Å². The number of hydrogen-bond acceptors (Lipinski definition) is 5. The Kier molecular flexibility index (Phi) is 5.13. The fraction of sp³-hybridized carbons (Fsp3) is 0.700. The molecule has 0 radical (unpaired) electrons. The SMILES string of the molecule is Cc1nc(C)c(S(=O)(=O)N(C)C2CCNC2)s1.Cl. The van der Waals surface area contributed by atoms with Gasteiger partial charge in [0.2, 0.25) is 0 Å². The number of aryl methyl sites for hydroxylation is 2. The Labute approximate surface area is 118 Å². The maximum Gasteiger partial charge on any atom is 0.254 e. The molecule has 0 amide bonds. The molecule has 1 aliphatic rings. The highest BCUT2D eigenvalue weighted by molar-refractivity contribution is 7.91. The van der Waals surface area contributed by atoms with Crippen LogP contribution in [0.5, 0.6) is 0 Å². The second-order valence-electron chi connectivity index (χ2n) is 4.27. The van der Waals surface area contributed by atoms with E-state index in [1.54, 1.807) is 14.0 Å². The predicted octanol–water partition coefficient (Wildman–Crippen LogP) is 1.16. The van der Waals surface area contributed by atoms with Gasteiger partial charge in [0.15, 0.2) is 4.21 Å². The van der Waals surface area contributed by atoms with E-state index >= 15 is 0 Å². The van der Waals surface area contributed by atoms with Crippen molar-refractivity contribution in [1.29, 1.82) is 0 Å². The van der Waals surface area contributed by atoms with Gasteiger partial charge in [0.05, 0.1) is 10.7 Å². The zero-order valence-electron chi connectivity index (χ0n) is 10.6. The monoisotopic (exact) mass is 311 g/mol. The van der Waals surface area contributed by atoms with Crippen LogP contribution in [0.1, 0.15) is 17.1 Å². The van der Waals surface area contributed by atoms with Gasteiger partial charge in [-0.15, -0.1) is 23.7 Å². The highest BCUT2D eigenvalue weighted by atomic mass is 35.5. The standard InChI is InChI=1S/C10H17N3O2S2.ClH/c1-7-10(16-8(2)12-7)17(14,15)13(3)9-4-5-11-6-9;/h9,11H,4-6H2,1-3H3;1H. The molecule has 2 rings (SSSR count). The van der Waals surface area contributed by atoms with Crippen molar-refractivity contribution in [2.75, 3.05) is 20.1 Å². The summed E-state index contributed by atoms with van der Waals surface area (Å²) in [5.41, 5.74) is 0.602. The van der Waals surface area contributed by atoms with E-state index in [0.717, 1.165) is 24.5 Å². The van der Waals surface area contributed by atoms with Gasteiger partial charge in [-0.05, 0) is 26.8 Å². The molecule has 1 N–H and O–H groups in total. The minimum atomic E-state index is -3.38. The molecule has 0 aromatic carbocycles. The highest BCUT2D eigenvalue weighted by Crippen LogP contribution is 2.27. The summed E-state index contributed by atoms with van der Waals surface area (Å²) in [5, 5.41) is 3.97. The quantitative estimate of drug-likeness (QED) is 0.910. The predicted molar refractivity (Wildman–Crippen MR) is 75.1 cm³/mol. The molecule has 0 aliphatic carbocycles. The third kappa shape index (κ3) is 2.85. The Morgan fingerprint density at radius 3 is 2.56 bits per heavy atom. The largest absolute Gasteiger partial charge is 0.315 e. The summed E-state index contributed by atoms with van der Waals surface area (Å²) in [5.74, 6) is 0. The van der Waals surface area contributed by atoms with Crippen molar-refractivity contribution in [1.82, 2.24) is 14.6 Å². The molecule has 8 heteroatoms. The van der Waals surface area contributed by atoms with E-state index in [4.69, 9.17) is 0 Å². The van der Waals surface area contributed by atoms with Crippen LogP contribution in [0.15, 0.2) is 4.21 Å². The topological polar surface area (TPSA) is 62.3 Å². The Morgan fingerprint density at radius 1 is 1.44 bits per heavy atom. The Morgan fingerprint density at radius 2 is 2.11 bits per heavy atom. The Bertz CT molecular complexity index is 509. The summed E-state index contributed by atoms with van der Waals surface area (Å²) in [6.45, 7) is 5.18. The summed E-state index contributed by atoms with van der Waals surface area (Å²) >= 11 is 1.25. The van der Waals surface area contributed by atoms with E-state index in [0.29, 0.717) is 9.90 Å². The van der Waals surface area contributed by atoms with Crippen LogP contribution in [-0.2, 0) is 10.0 Å². The fourth-order valence-corrected chi connectivity index (χ4v) is 5.06. The van der Waals surface area contributed by atoms with Crippen molar-refractivity contribution in [2.24, 2.45) is 0 Å². The fourth-order valence-electron chi connectivity index (χ4n) is 2.03. The van der Waals surface area contributed by atoms with Gasteiger partial charge in [0.1, 0.15) is 0 Å². The Balaban J connectivity index is 0.00000162. The first kappa shape index (κ1) is 15.8. The lowest BCUT2D eigenvalue weighted by Crippen LogP contribution is -2.38. The molecule has 104 valence electrons. The van der Waals surface area contributed by atoms with Crippen LogP contribution in [0, 0.1) is 13.8 Å². The average molecular weight is 312 g/mol. The summed E-state index contributed by atoms with van der Waals surface area (Å²) < 4.78 is 26.7. The molecule has 1 aromatic heterocycles. The van der Waals surface area contributed by atoms with E-state index in [1.165, 1.54) is 15.6 Å². The van der Waals surface area contributed by atoms with E-state index in [1.807, 2.05) is 6.92 Å². The van der Waals surface area contributed by atoms with Crippen LogP contribution in [0.3, 0.4) is 0 Å². The van der Waals surface area contributed by atoms with E-state index in [2.05, 4.69) is 10.3 Å². The highest BCUT2D eigenvalue weighted by Gasteiger charge is 2.32. The van der Waals surface area contributed by atoms with E-state index < -0.39 is 10.0 Å². The van der Waals surface area contributed by atoms with Crippen LogP contribution in [0.4, 0.5) is 0 Å². The maximum atomic E-state index is 12.4. The molecule has 1 atom stereocenters. The van der Waals surface area contributed by atoms with Crippen LogP contribution in [-0.4, -0.2) is 43.9 Å². The van der Waals surface area contributed by atoms with Gasteiger partial charge in [0.25, 0.3) is 10.0 Å². The van der Waals surface area contributed by atoms with Crippen molar-refractivity contribution in [3.8, 4) is 0 Å². The molecule has 2 heterocycles. The maximum absolute atomic E-state index is 12.4. The lowest BCUT2D eigenvalue weighted by atomic mass is 10.3. The first-order valence-electron chi connectivity index (χ1n) is 5.55. The molecule has 1 aromatic rings. The van der Waals surface area contributed by atoms with E-state index in [9.17, 15) is 8.42 Å². The number of nitrogens with one attached hydrogen (secondary N) is 1. The zero-order chi connectivity index (χ0) is 12.6. The molecule has 1 saturated heterocycles. The van der Waals surface area contributed by atoms with Crippen LogP contribution >= 0.6 is 23.7 Å². The molecule has 1 aliphatic heterocycles. The number of nitrogens with zero attached hydrogens (tertiary/aromatic N) is 2. The number of likely N-dealkylation sites (N-methyl/N-ethyl adjacent to an activating group) is 1. The van der Waals surface area contributed by atoms with Crippen LogP contribution < -0.4 is 5.32 Å². The third-order valence-electron chi connectivity index (χ3n) is 3.02. The molecule has 0 saturated carbocycles. The smallest absolute Gasteiger partial charge is 0.254 e. The molecule has 0 spiro atoms. The summed E-state index contributed by atoms with van der Waals surface area (Å²) in [6.07, 6.45) is 0.868. The lowest BCUT2D eigenvalue weighted by molar-refractivity contribution is 0.388. The van der Waals surface area contributed by atoms with Gasteiger partial charge in [-0.3, -0.25) is 0 Å². The van der Waals surface area contributed by atoms with Gasteiger partial charge in [-0.1, -0.05) is 0 Å². The van der Waals surface area contributed by atoms with Crippen molar-refractivity contribution in [2.45, 2.75) is 30.5 Å². The van der Waals surface area contributed by atoms with Gasteiger partial charge in [-0.2, -0.15) is 4.31 Å². The molecular weight excluding hydrogens is 294 g/mol. The molecular formula is C10H18ClN3O2S2.